The van der Waals surface area contributed by atoms with Crippen LogP contribution in [0.5, 0.6) is 0 Å². The summed E-state index contributed by atoms with van der Waals surface area (Å²) in [6.45, 7) is 15.2. The third-order valence-electron chi connectivity index (χ3n) is 7.58. The van der Waals surface area contributed by atoms with E-state index in [9.17, 15) is 14.4 Å². The molecule has 7 nitrogen and oxygen atoms in total. The third-order valence-corrected chi connectivity index (χ3v) is 7.58. The molecule has 0 bridgehead atoms. The van der Waals surface area contributed by atoms with E-state index in [1.807, 2.05) is 78.8 Å². The number of benzene rings is 2. The van der Waals surface area contributed by atoms with Crippen molar-refractivity contribution in [2.75, 3.05) is 0 Å². The Hall–Kier alpha value is -4.00. The van der Waals surface area contributed by atoms with E-state index in [0.29, 0.717) is 12.8 Å². The van der Waals surface area contributed by atoms with E-state index in [2.05, 4.69) is 52.9 Å². The first-order valence-electron chi connectivity index (χ1n) is 15.5. The predicted octanol–water partition coefficient (Wildman–Crippen LogP) is 7.14. The fraction of sp³-hybridized carbons (Fsp3) is 0.459. The zero-order valence-electron chi connectivity index (χ0n) is 27.6. The quantitative estimate of drug-likeness (QED) is 0.216. The van der Waals surface area contributed by atoms with Gasteiger partial charge < -0.3 is 15.4 Å². The van der Waals surface area contributed by atoms with Crippen molar-refractivity contribution in [3.05, 3.63) is 89.7 Å². The van der Waals surface area contributed by atoms with Crippen LogP contribution in [0.4, 0.5) is 0 Å². The van der Waals surface area contributed by atoms with E-state index < -0.39 is 28.9 Å². The van der Waals surface area contributed by atoms with Crippen LogP contribution in [0.25, 0.3) is 11.1 Å². The summed E-state index contributed by atoms with van der Waals surface area (Å²) in [6.07, 6.45) is 5.26. The average Bonchev–Trinajstić information content (AvgIpc) is 2.94. The maximum Gasteiger partial charge on any atom is 0.307 e. The molecule has 0 aliphatic carbocycles. The van der Waals surface area contributed by atoms with Crippen LogP contribution < -0.4 is 10.6 Å². The number of carbonyl (C=O) groups excluding carboxylic acids is 3. The molecule has 0 radical (unpaired) electrons. The predicted molar refractivity (Wildman–Crippen MR) is 176 cm³/mol. The Labute approximate surface area is 263 Å². The van der Waals surface area contributed by atoms with E-state index in [1.54, 1.807) is 12.4 Å². The molecular weight excluding hydrogens is 550 g/mol. The molecule has 3 aromatic rings. The maximum atomic E-state index is 13.8. The Bertz CT molecular complexity index is 1390. The maximum absolute atomic E-state index is 13.8. The third kappa shape index (κ3) is 10.6. The first-order valence-corrected chi connectivity index (χ1v) is 15.5. The lowest BCUT2D eigenvalue weighted by Crippen LogP contribution is -2.55. The summed E-state index contributed by atoms with van der Waals surface area (Å²) < 4.78 is 5.57. The molecule has 0 saturated carbocycles. The lowest BCUT2D eigenvalue weighted by atomic mass is 9.85. The largest absolute Gasteiger partial charge is 0.460 e. The van der Waals surface area contributed by atoms with Gasteiger partial charge in [-0.2, -0.15) is 0 Å². The number of aromatic nitrogens is 1. The molecule has 0 fully saturated rings. The molecule has 0 saturated heterocycles. The van der Waals surface area contributed by atoms with E-state index in [4.69, 9.17) is 4.74 Å². The second-order valence-corrected chi connectivity index (χ2v) is 13.7. The van der Waals surface area contributed by atoms with Gasteiger partial charge in [-0.3, -0.25) is 19.4 Å². The Morgan fingerprint density at radius 1 is 0.864 bits per heavy atom. The number of rotatable bonds is 12. The molecule has 3 atom stereocenters. The molecule has 7 heteroatoms. The summed E-state index contributed by atoms with van der Waals surface area (Å²) in [5.41, 5.74) is 4.44. The van der Waals surface area contributed by atoms with Crippen molar-refractivity contribution in [3.63, 3.8) is 0 Å². The first-order chi connectivity index (χ1) is 20.6. The van der Waals surface area contributed by atoms with Crippen molar-refractivity contribution < 1.29 is 19.1 Å². The Morgan fingerprint density at radius 2 is 1.52 bits per heavy atom. The van der Waals surface area contributed by atoms with Gasteiger partial charge in [-0.15, -0.1) is 0 Å². The molecule has 0 aliphatic heterocycles. The van der Waals surface area contributed by atoms with E-state index >= 15 is 0 Å². The van der Waals surface area contributed by atoms with E-state index in [0.717, 1.165) is 12.0 Å². The molecule has 2 N–H and O–H groups in total. The minimum Gasteiger partial charge on any atom is -0.460 e. The fourth-order valence-corrected chi connectivity index (χ4v) is 5.25. The van der Waals surface area contributed by atoms with Crippen molar-refractivity contribution in [3.8, 4) is 11.1 Å². The van der Waals surface area contributed by atoms with E-state index in [-0.39, 0.29) is 24.3 Å². The molecule has 2 amide bonds. The number of pyridine rings is 1. The molecule has 1 aromatic heterocycles. The highest BCUT2D eigenvalue weighted by Gasteiger charge is 2.36. The van der Waals surface area contributed by atoms with Crippen molar-refractivity contribution in [1.82, 2.24) is 15.6 Å². The van der Waals surface area contributed by atoms with E-state index in [1.165, 1.54) is 22.3 Å². The molecule has 2 aromatic carbocycles. The highest BCUT2D eigenvalue weighted by molar-refractivity contribution is 5.90. The number of amides is 2. The van der Waals surface area contributed by atoms with Gasteiger partial charge in [-0.25, -0.2) is 0 Å². The lowest BCUT2D eigenvalue weighted by molar-refractivity contribution is -0.157. The number of nitrogens with one attached hydrogen (secondary N) is 2. The van der Waals surface area contributed by atoms with Gasteiger partial charge >= 0.3 is 5.97 Å². The molecule has 1 heterocycles. The van der Waals surface area contributed by atoms with Gasteiger partial charge in [-0.05, 0) is 99.2 Å². The Balaban J connectivity index is 1.72. The number of hydrogen-bond acceptors (Lipinski definition) is 5. The molecule has 3 rings (SSSR count). The monoisotopic (exact) mass is 599 g/mol. The minimum absolute atomic E-state index is 0.0546. The zero-order valence-corrected chi connectivity index (χ0v) is 27.6. The number of carbonyl (C=O) groups is 3. The summed E-state index contributed by atoms with van der Waals surface area (Å²) in [4.78, 5) is 44.1. The van der Waals surface area contributed by atoms with Crippen LogP contribution in [0.15, 0.2) is 73.1 Å². The SMILES string of the molecule is Cc1cc(CCC[C@H](CC(=O)OC(C)(C)C)C(=O)N[C@H](C(=O)N[C@H](C)c2ccncc2)C(C)(C)C)ccc1-c1ccccc1. The molecular formula is C37H49N3O4. The average molecular weight is 600 g/mol. The fourth-order valence-electron chi connectivity index (χ4n) is 5.25. The second kappa shape index (κ2) is 15.1. The Morgan fingerprint density at radius 3 is 2.11 bits per heavy atom. The standard InChI is InChI=1S/C37H49N3O4/c1-25-23-27(17-18-31(25)29-14-10-9-11-15-29)13-12-16-30(24-32(41)44-37(6,7)8)34(42)40-33(36(3,4)5)35(43)39-26(2)28-19-21-38-22-20-28/h9-11,14-15,17-23,26,30,33H,12-13,16,24H2,1-8H3,(H,39,43)(H,40,42)/t26-,30-,33-/m1/s1. The van der Waals surface area contributed by atoms with Crippen molar-refractivity contribution >= 4 is 17.8 Å². The first kappa shape index (κ1) is 34.5. The highest BCUT2D eigenvalue weighted by Crippen LogP contribution is 2.26. The highest BCUT2D eigenvalue weighted by atomic mass is 16.6. The van der Waals surface area contributed by atoms with Crippen LogP contribution in [0.3, 0.4) is 0 Å². The number of nitrogens with zero attached hydrogens (tertiary/aromatic N) is 1. The summed E-state index contributed by atoms with van der Waals surface area (Å²) in [5, 5.41) is 6.03. The van der Waals surface area contributed by atoms with Crippen LogP contribution in [-0.4, -0.2) is 34.4 Å². The second-order valence-electron chi connectivity index (χ2n) is 13.7. The number of hydrogen-bond donors (Lipinski definition) is 2. The van der Waals surface area contributed by atoms with Gasteiger partial charge in [0.25, 0.3) is 0 Å². The van der Waals surface area contributed by atoms with Crippen LogP contribution >= 0.6 is 0 Å². The van der Waals surface area contributed by atoms with Gasteiger partial charge in [0.1, 0.15) is 11.6 Å². The molecule has 44 heavy (non-hydrogen) atoms. The van der Waals surface area contributed by atoms with Crippen LogP contribution in [0.1, 0.15) is 90.5 Å². The molecule has 0 aliphatic rings. The number of esters is 1. The van der Waals surface area contributed by atoms with Crippen LogP contribution in [-0.2, 0) is 25.5 Å². The van der Waals surface area contributed by atoms with Crippen LogP contribution in [0, 0.1) is 18.3 Å². The normalized spacial score (nSPS) is 13.8. The smallest absolute Gasteiger partial charge is 0.307 e. The summed E-state index contributed by atoms with van der Waals surface area (Å²) >= 11 is 0. The Kier molecular flexibility index (Phi) is 11.9. The summed E-state index contributed by atoms with van der Waals surface area (Å²) in [7, 11) is 0. The van der Waals surface area contributed by atoms with Gasteiger partial charge in [0, 0.05) is 18.3 Å². The van der Waals surface area contributed by atoms with Gasteiger partial charge in [0.2, 0.25) is 11.8 Å². The van der Waals surface area contributed by atoms with Crippen molar-refractivity contribution in [2.24, 2.45) is 11.3 Å². The molecule has 236 valence electrons. The minimum atomic E-state index is -0.798. The van der Waals surface area contributed by atoms with Crippen LogP contribution in [0.2, 0.25) is 0 Å². The summed E-state index contributed by atoms with van der Waals surface area (Å²) in [5.74, 6) is -1.66. The molecule has 0 unspecified atom stereocenters. The number of ether oxygens (including phenoxy) is 1. The molecule has 0 spiro atoms. The number of aryl methyl sites for hydroxylation is 2. The van der Waals surface area contributed by atoms with Gasteiger partial charge in [-0.1, -0.05) is 69.3 Å². The van der Waals surface area contributed by atoms with Crippen molar-refractivity contribution in [2.45, 2.75) is 98.8 Å². The van der Waals surface area contributed by atoms with Crippen molar-refractivity contribution in [1.29, 1.82) is 0 Å². The van der Waals surface area contributed by atoms with Gasteiger partial charge in [0.05, 0.1) is 12.5 Å². The topological polar surface area (TPSA) is 97.4 Å². The lowest BCUT2D eigenvalue weighted by Gasteiger charge is -2.33. The van der Waals surface area contributed by atoms with Gasteiger partial charge in [0.15, 0.2) is 0 Å². The summed E-state index contributed by atoms with van der Waals surface area (Å²) in [6, 6.07) is 19.4. The zero-order chi connectivity index (χ0) is 32.5.